The summed E-state index contributed by atoms with van der Waals surface area (Å²) in [6.07, 6.45) is 2.29. The molecule has 20 heavy (non-hydrogen) atoms. The van der Waals surface area contributed by atoms with E-state index in [0.29, 0.717) is 23.9 Å². The molecule has 0 radical (unpaired) electrons. The number of piperidine rings is 1. The van der Waals surface area contributed by atoms with Gasteiger partial charge in [-0.15, -0.1) is 0 Å². The van der Waals surface area contributed by atoms with Crippen LogP contribution in [0.4, 0.5) is 11.9 Å². The molecular formula is C13H24N6O. The van der Waals surface area contributed by atoms with Gasteiger partial charge >= 0.3 is 6.01 Å². The maximum Gasteiger partial charge on any atom is 0.323 e. The topological polar surface area (TPSA) is 89.2 Å². The fourth-order valence-electron chi connectivity index (χ4n) is 2.51. The van der Waals surface area contributed by atoms with Crippen molar-refractivity contribution in [3.63, 3.8) is 0 Å². The van der Waals surface area contributed by atoms with Crippen LogP contribution in [0.15, 0.2) is 0 Å². The van der Waals surface area contributed by atoms with Crippen LogP contribution >= 0.6 is 0 Å². The van der Waals surface area contributed by atoms with Gasteiger partial charge in [-0.25, -0.2) is 5.84 Å². The van der Waals surface area contributed by atoms with E-state index < -0.39 is 0 Å². The summed E-state index contributed by atoms with van der Waals surface area (Å²) >= 11 is 0. The number of ether oxygens (including phenoxy) is 1. The summed E-state index contributed by atoms with van der Waals surface area (Å²) < 4.78 is 5.56. The first-order chi connectivity index (χ1) is 9.49. The molecule has 0 saturated carbocycles. The third-order valence-electron chi connectivity index (χ3n) is 3.47. The highest BCUT2D eigenvalue weighted by molar-refractivity contribution is 5.39. The molecule has 0 spiro atoms. The Kier molecular flexibility index (Phi) is 4.59. The zero-order valence-electron chi connectivity index (χ0n) is 12.6. The Morgan fingerprint density at radius 3 is 2.65 bits per heavy atom. The molecule has 2 unspecified atom stereocenters. The van der Waals surface area contributed by atoms with Gasteiger partial charge in [-0.05, 0) is 39.5 Å². The number of hydrogen-bond acceptors (Lipinski definition) is 7. The van der Waals surface area contributed by atoms with E-state index >= 15 is 0 Å². The van der Waals surface area contributed by atoms with Gasteiger partial charge in [-0.3, -0.25) is 5.43 Å². The number of anilines is 2. The van der Waals surface area contributed by atoms with Crippen molar-refractivity contribution >= 4 is 11.9 Å². The third kappa shape index (κ3) is 3.47. The quantitative estimate of drug-likeness (QED) is 0.639. The summed E-state index contributed by atoms with van der Waals surface area (Å²) in [6.45, 7) is 9.28. The number of aromatic nitrogens is 3. The molecule has 2 heterocycles. The molecule has 1 fully saturated rings. The molecule has 0 amide bonds. The lowest BCUT2D eigenvalue weighted by Crippen LogP contribution is -2.41. The van der Waals surface area contributed by atoms with Gasteiger partial charge < -0.3 is 9.64 Å². The summed E-state index contributed by atoms with van der Waals surface area (Å²) in [7, 11) is 0. The lowest BCUT2D eigenvalue weighted by Gasteiger charge is -2.36. The van der Waals surface area contributed by atoms with Gasteiger partial charge in [0, 0.05) is 12.6 Å². The monoisotopic (exact) mass is 280 g/mol. The highest BCUT2D eigenvalue weighted by Crippen LogP contribution is 2.26. The van der Waals surface area contributed by atoms with Crippen LogP contribution in [0.25, 0.3) is 0 Å². The van der Waals surface area contributed by atoms with Crippen LogP contribution in [0.3, 0.4) is 0 Å². The Balaban J connectivity index is 2.25. The van der Waals surface area contributed by atoms with Crippen molar-refractivity contribution in [2.45, 2.75) is 52.7 Å². The van der Waals surface area contributed by atoms with Crippen LogP contribution < -0.4 is 20.9 Å². The normalized spacial score (nSPS) is 23.0. The zero-order valence-corrected chi connectivity index (χ0v) is 12.6. The fraction of sp³-hybridized carbons (Fsp3) is 0.769. The second-order valence-electron chi connectivity index (χ2n) is 5.72. The molecule has 3 N–H and O–H groups in total. The second kappa shape index (κ2) is 6.21. The summed E-state index contributed by atoms with van der Waals surface area (Å²) in [5, 5.41) is 0. The van der Waals surface area contributed by atoms with Crippen LogP contribution in [0.2, 0.25) is 0 Å². The van der Waals surface area contributed by atoms with Crippen LogP contribution in [-0.4, -0.2) is 33.6 Å². The molecule has 1 aromatic rings. The average molecular weight is 280 g/mol. The molecule has 7 nitrogen and oxygen atoms in total. The van der Waals surface area contributed by atoms with E-state index in [9.17, 15) is 0 Å². The van der Waals surface area contributed by atoms with Crippen LogP contribution in [0, 0.1) is 5.92 Å². The second-order valence-corrected chi connectivity index (χ2v) is 5.72. The smallest absolute Gasteiger partial charge is 0.323 e. The first-order valence-corrected chi connectivity index (χ1v) is 7.15. The van der Waals surface area contributed by atoms with E-state index in [1.165, 1.54) is 0 Å². The Hall–Kier alpha value is -1.63. The Labute approximate surface area is 119 Å². The molecule has 2 atom stereocenters. The minimum absolute atomic E-state index is 0.00896. The number of nitrogen functional groups attached to an aromatic ring is 1. The first-order valence-electron chi connectivity index (χ1n) is 7.15. The van der Waals surface area contributed by atoms with Crippen molar-refractivity contribution in [2.75, 3.05) is 16.9 Å². The zero-order chi connectivity index (χ0) is 14.7. The Bertz CT molecular complexity index is 452. The van der Waals surface area contributed by atoms with Crippen LogP contribution in [-0.2, 0) is 0 Å². The van der Waals surface area contributed by atoms with Gasteiger partial charge in [0.2, 0.25) is 11.9 Å². The van der Waals surface area contributed by atoms with Crippen molar-refractivity contribution in [1.82, 2.24) is 15.0 Å². The molecular weight excluding hydrogens is 256 g/mol. The summed E-state index contributed by atoms with van der Waals surface area (Å²) in [4.78, 5) is 15.1. The predicted octanol–water partition coefficient (Wildman–Crippen LogP) is 1.57. The lowest BCUT2D eigenvalue weighted by molar-refractivity contribution is 0.221. The van der Waals surface area contributed by atoms with E-state index in [1.807, 2.05) is 13.8 Å². The lowest BCUT2D eigenvalue weighted by atomic mass is 9.94. The molecule has 1 aromatic heterocycles. The average Bonchev–Trinajstić information content (AvgIpc) is 2.37. The Morgan fingerprint density at radius 1 is 1.30 bits per heavy atom. The molecule has 7 heteroatoms. The molecule has 0 aromatic carbocycles. The van der Waals surface area contributed by atoms with Gasteiger partial charge in [0.25, 0.3) is 0 Å². The minimum atomic E-state index is 0.00896. The summed E-state index contributed by atoms with van der Waals surface area (Å²) in [6, 6.07) is 0.711. The van der Waals surface area contributed by atoms with Crippen molar-refractivity contribution in [3.05, 3.63) is 0 Å². The van der Waals surface area contributed by atoms with E-state index in [-0.39, 0.29) is 6.10 Å². The number of nitrogens with two attached hydrogens (primary N) is 1. The Morgan fingerprint density at radius 2 is 2.05 bits per heavy atom. The van der Waals surface area contributed by atoms with E-state index in [1.54, 1.807) is 0 Å². The highest BCUT2D eigenvalue weighted by atomic mass is 16.5. The van der Waals surface area contributed by atoms with Gasteiger partial charge in [-0.2, -0.15) is 15.0 Å². The van der Waals surface area contributed by atoms with Crippen molar-refractivity contribution in [3.8, 4) is 6.01 Å². The fourth-order valence-corrected chi connectivity index (χ4v) is 2.51. The highest BCUT2D eigenvalue weighted by Gasteiger charge is 2.26. The van der Waals surface area contributed by atoms with Gasteiger partial charge in [-0.1, -0.05) is 6.92 Å². The van der Waals surface area contributed by atoms with Crippen molar-refractivity contribution in [2.24, 2.45) is 11.8 Å². The molecule has 112 valence electrons. The molecule has 0 bridgehead atoms. The maximum atomic E-state index is 5.56. The predicted molar refractivity (Wildman–Crippen MR) is 78.6 cm³/mol. The number of hydrazine groups is 1. The SMILES string of the molecule is CC1CCN(c2nc(NN)nc(OC(C)C)n2)C(C)C1. The third-order valence-corrected chi connectivity index (χ3v) is 3.47. The number of rotatable bonds is 4. The van der Waals surface area contributed by atoms with Crippen LogP contribution in [0.5, 0.6) is 6.01 Å². The van der Waals surface area contributed by atoms with E-state index in [0.717, 1.165) is 25.3 Å². The molecule has 1 saturated heterocycles. The van der Waals surface area contributed by atoms with Crippen molar-refractivity contribution in [1.29, 1.82) is 0 Å². The summed E-state index contributed by atoms with van der Waals surface area (Å²) in [5.74, 6) is 7.12. The molecule has 0 aliphatic carbocycles. The largest absolute Gasteiger partial charge is 0.461 e. The van der Waals surface area contributed by atoms with E-state index in [2.05, 4.69) is 39.1 Å². The molecule has 1 aliphatic rings. The van der Waals surface area contributed by atoms with E-state index in [4.69, 9.17) is 10.6 Å². The maximum absolute atomic E-state index is 5.56. The standard InChI is InChI=1S/C13H24N6O/c1-8(2)20-13-16-11(18-14)15-12(17-13)19-6-5-9(3)7-10(19)4/h8-10H,5-7,14H2,1-4H3,(H,15,16,17,18). The number of hydrogen-bond donors (Lipinski definition) is 2. The number of nitrogens with zero attached hydrogens (tertiary/aromatic N) is 4. The number of nitrogens with one attached hydrogen (secondary N) is 1. The van der Waals surface area contributed by atoms with Crippen molar-refractivity contribution < 1.29 is 4.74 Å². The van der Waals surface area contributed by atoms with Gasteiger partial charge in [0.15, 0.2) is 0 Å². The van der Waals surface area contributed by atoms with Crippen LogP contribution in [0.1, 0.15) is 40.5 Å². The minimum Gasteiger partial charge on any atom is -0.461 e. The molecule has 2 rings (SSSR count). The van der Waals surface area contributed by atoms with Gasteiger partial charge in [0.1, 0.15) is 0 Å². The first kappa shape index (κ1) is 14.8. The van der Waals surface area contributed by atoms with Gasteiger partial charge in [0.05, 0.1) is 6.10 Å². The summed E-state index contributed by atoms with van der Waals surface area (Å²) in [5.41, 5.74) is 2.47. The molecule has 1 aliphatic heterocycles.